The fourth-order valence-electron chi connectivity index (χ4n) is 3.92. The SMILES string of the molecule is COc1cc2c(C(=O)OC(N)=O)c(-c3ccc(Oc4ccc(F)cc4)cc3)oc2cc1N(CCN)C(C)=O. The zero-order valence-corrected chi connectivity index (χ0v) is 20.5. The second-order valence-electron chi connectivity index (χ2n) is 8.07. The number of hydrogen-bond acceptors (Lipinski definition) is 8. The largest absolute Gasteiger partial charge is 0.495 e. The predicted octanol–water partition coefficient (Wildman–Crippen LogP) is 4.59. The summed E-state index contributed by atoms with van der Waals surface area (Å²) in [6, 6.07) is 15.1. The number of amides is 2. The Bertz CT molecular complexity index is 1500. The van der Waals surface area contributed by atoms with Crippen molar-refractivity contribution in [2.24, 2.45) is 11.5 Å². The third-order valence-electron chi connectivity index (χ3n) is 5.58. The summed E-state index contributed by atoms with van der Waals surface area (Å²) < 4.78 is 35.1. The molecule has 0 aliphatic carbocycles. The second-order valence-corrected chi connectivity index (χ2v) is 8.07. The molecule has 11 heteroatoms. The smallest absolute Gasteiger partial charge is 0.412 e. The molecule has 0 aliphatic heterocycles. The van der Waals surface area contributed by atoms with Crippen LogP contribution in [0.2, 0.25) is 0 Å². The molecule has 0 radical (unpaired) electrons. The lowest BCUT2D eigenvalue weighted by atomic mass is 10.0. The number of furan rings is 1. The van der Waals surface area contributed by atoms with Crippen LogP contribution in [0.4, 0.5) is 14.9 Å². The number of halogens is 1. The van der Waals surface area contributed by atoms with E-state index in [4.69, 9.17) is 25.4 Å². The normalized spacial score (nSPS) is 10.7. The van der Waals surface area contributed by atoms with Crippen molar-refractivity contribution in [2.45, 2.75) is 6.92 Å². The highest BCUT2D eigenvalue weighted by Gasteiger charge is 2.28. The Morgan fingerprint density at radius 1 is 1.00 bits per heavy atom. The molecule has 38 heavy (non-hydrogen) atoms. The minimum atomic E-state index is -1.28. The van der Waals surface area contributed by atoms with Gasteiger partial charge in [0, 0.05) is 37.0 Å². The Morgan fingerprint density at radius 2 is 1.63 bits per heavy atom. The lowest BCUT2D eigenvalue weighted by Gasteiger charge is -2.22. The average Bonchev–Trinajstić information content (AvgIpc) is 3.26. The molecule has 2 amide bonds. The summed E-state index contributed by atoms with van der Waals surface area (Å²) in [4.78, 5) is 38.0. The van der Waals surface area contributed by atoms with E-state index >= 15 is 0 Å². The molecule has 0 aliphatic rings. The second kappa shape index (κ2) is 11.0. The van der Waals surface area contributed by atoms with Crippen molar-refractivity contribution in [3.8, 4) is 28.6 Å². The first-order valence-electron chi connectivity index (χ1n) is 11.4. The maximum Gasteiger partial charge on any atom is 0.412 e. The fraction of sp³-hybridized carbons (Fsp3) is 0.148. The van der Waals surface area contributed by atoms with Crippen molar-refractivity contribution in [2.75, 3.05) is 25.1 Å². The number of esters is 1. The highest BCUT2D eigenvalue weighted by Crippen LogP contribution is 2.41. The number of nitrogens with zero attached hydrogens (tertiary/aromatic N) is 1. The Kier molecular flexibility index (Phi) is 7.58. The first kappa shape index (κ1) is 26.2. The van der Waals surface area contributed by atoms with Gasteiger partial charge in [-0.2, -0.15) is 0 Å². The Labute approximate surface area is 216 Å². The maximum absolute atomic E-state index is 13.2. The van der Waals surface area contributed by atoms with Crippen LogP contribution in [0.15, 0.2) is 65.1 Å². The van der Waals surface area contributed by atoms with Crippen LogP contribution in [-0.2, 0) is 9.53 Å². The Hall–Kier alpha value is -4.90. The first-order valence-corrected chi connectivity index (χ1v) is 11.4. The van der Waals surface area contributed by atoms with Crippen molar-refractivity contribution < 1.29 is 37.4 Å². The quantitative estimate of drug-likeness (QED) is 0.253. The predicted molar refractivity (Wildman–Crippen MR) is 137 cm³/mol. The van der Waals surface area contributed by atoms with Gasteiger partial charge in [0.15, 0.2) is 0 Å². The Balaban J connectivity index is 1.82. The van der Waals surface area contributed by atoms with Crippen LogP contribution in [0.1, 0.15) is 17.3 Å². The van der Waals surface area contributed by atoms with E-state index in [9.17, 15) is 18.8 Å². The van der Waals surface area contributed by atoms with Crippen molar-refractivity contribution in [3.63, 3.8) is 0 Å². The molecule has 4 N–H and O–H groups in total. The summed E-state index contributed by atoms with van der Waals surface area (Å²) in [7, 11) is 1.41. The van der Waals surface area contributed by atoms with Gasteiger partial charge in [-0.1, -0.05) is 0 Å². The van der Waals surface area contributed by atoms with E-state index < -0.39 is 12.1 Å². The van der Waals surface area contributed by atoms with E-state index in [-0.39, 0.29) is 52.9 Å². The summed E-state index contributed by atoms with van der Waals surface area (Å²) in [5, 5.41) is 0.273. The summed E-state index contributed by atoms with van der Waals surface area (Å²) in [6.45, 7) is 1.81. The molecule has 0 fully saturated rings. The highest BCUT2D eigenvalue weighted by atomic mass is 19.1. The third kappa shape index (κ3) is 5.42. The van der Waals surface area contributed by atoms with Crippen LogP contribution in [0, 0.1) is 5.82 Å². The monoisotopic (exact) mass is 521 g/mol. The maximum atomic E-state index is 13.2. The van der Waals surface area contributed by atoms with Gasteiger partial charge in [0.05, 0.1) is 12.8 Å². The molecule has 3 aromatic carbocycles. The number of ether oxygens (including phenoxy) is 3. The molecule has 0 spiro atoms. The van der Waals surface area contributed by atoms with Crippen LogP contribution in [0.3, 0.4) is 0 Å². The minimum Gasteiger partial charge on any atom is -0.495 e. The number of primary amides is 1. The average molecular weight is 522 g/mol. The number of anilines is 1. The zero-order chi connectivity index (χ0) is 27.4. The molecule has 0 unspecified atom stereocenters. The van der Waals surface area contributed by atoms with Crippen molar-refractivity contribution in [1.82, 2.24) is 0 Å². The number of fused-ring (bicyclic) bond motifs is 1. The minimum absolute atomic E-state index is 0.0657. The molecule has 1 heterocycles. The fourth-order valence-corrected chi connectivity index (χ4v) is 3.92. The molecule has 4 aromatic rings. The van der Waals surface area contributed by atoms with Gasteiger partial charge in [-0.25, -0.2) is 14.0 Å². The summed E-state index contributed by atoms with van der Waals surface area (Å²) in [6.07, 6.45) is -1.28. The number of methoxy groups -OCH3 is 1. The van der Waals surface area contributed by atoms with Crippen LogP contribution in [0.25, 0.3) is 22.3 Å². The number of carbonyl (C=O) groups is 3. The van der Waals surface area contributed by atoms with Crippen LogP contribution >= 0.6 is 0 Å². The lowest BCUT2D eigenvalue weighted by Crippen LogP contribution is -2.33. The van der Waals surface area contributed by atoms with Crippen LogP contribution in [-0.4, -0.2) is 38.2 Å². The Morgan fingerprint density at radius 3 is 2.18 bits per heavy atom. The van der Waals surface area contributed by atoms with Gasteiger partial charge in [-0.15, -0.1) is 0 Å². The molecule has 0 saturated carbocycles. The van der Waals surface area contributed by atoms with Gasteiger partial charge >= 0.3 is 12.1 Å². The molecule has 4 rings (SSSR count). The topological polar surface area (TPSA) is 147 Å². The molecular weight excluding hydrogens is 497 g/mol. The number of hydrogen-bond donors (Lipinski definition) is 2. The summed E-state index contributed by atoms with van der Waals surface area (Å²) in [5.74, 6) is -0.455. The first-order chi connectivity index (χ1) is 18.2. The zero-order valence-electron chi connectivity index (χ0n) is 20.5. The number of carbonyl (C=O) groups excluding carboxylic acids is 3. The van der Waals surface area contributed by atoms with E-state index in [1.807, 2.05) is 0 Å². The summed E-state index contributed by atoms with van der Waals surface area (Å²) in [5.41, 5.74) is 11.8. The number of rotatable bonds is 8. The van der Waals surface area contributed by atoms with E-state index in [1.165, 1.54) is 49.3 Å². The molecule has 196 valence electrons. The highest BCUT2D eigenvalue weighted by molar-refractivity contribution is 6.12. The standard InChI is InChI=1S/C27H24FN3O7/c1-15(32)31(12-11-29)21-14-22-20(13-23(21)35-2)24(26(33)38-27(30)34)25(37-22)16-3-7-18(8-4-16)36-19-9-5-17(28)6-10-19/h3-10,13-14H,11-12,29H2,1-2H3,(H2,30,34). The number of nitrogens with two attached hydrogens (primary N) is 2. The molecular formula is C27H24FN3O7. The molecule has 10 nitrogen and oxygen atoms in total. The lowest BCUT2D eigenvalue weighted by molar-refractivity contribution is -0.116. The van der Waals surface area contributed by atoms with Crippen LogP contribution in [0.5, 0.6) is 17.2 Å². The van der Waals surface area contributed by atoms with E-state index in [0.717, 1.165) is 0 Å². The van der Waals surface area contributed by atoms with Gasteiger partial charge < -0.3 is 35.0 Å². The van der Waals surface area contributed by atoms with Crippen molar-refractivity contribution in [3.05, 3.63) is 72.0 Å². The van der Waals surface area contributed by atoms with Gasteiger partial charge in [0.1, 0.15) is 40.0 Å². The molecule has 1 aromatic heterocycles. The molecule has 0 atom stereocenters. The molecule has 0 saturated heterocycles. The summed E-state index contributed by atoms with van der Waals surface area (Å²) >= 11 is 0. The van der Waals surface area contributed by atoms with Crippen LogP contribution < -0.4 is 25.8 Å². The number of benzene rings is 3. The van der Waals surface area contributed by atoms with Gasteiger partial charge in [0.25, 0.3) is 0 Å². The van der Waals surface area contributed by atoms with Crippen molar-refractivity contribution in [1.29, 1.82) is 0 Å². The van der Waals surface area contributed by atoms with Gasteiger partial charge in [0.2, 0.25) is 5.91 Å². The van der Waals surface area contributed by atoms with E-state index in [2.05, 4.69) is 4.74 Å². The third-order valence-corrected chi connectivity index (χ3v) is 5.58. The van der Waals surface area contributed by atoms with Gasteiger partial charge in [-0.05, 0) is 54.6 Å². The molecule has 0 bridgehead atoms. The van der Waals surface area contributed by atoms with E-state index in [1.54, 1.807) is 30.3 Å². The van der Waals surface area contributed by atoms with Crippen molar-refractivity contribution >= 4 is 34.6 Å². The van der Waals surface area contributed by atoms with E-state index in [0.29, 0.717) is 22.7 Å². The van der Waals surface area contributed by atoms with Gasteiger partial charge in [-0.3, -0.25) is 4.79 Å².